The molecule has 2 aromatic rings. The third-order valence-corrected chi connectivity index (χ3v) is 4.33. The number of amides is 1. The van der Waals surface area contributed by atoms with Crippen LogP contribution >= 0.6 is 0 Å². The smallest absolute Gasteiger partial charge is 0.306 e. The number of ether oxygens (including phenoxy) is 2. The minimum Gasteiger partial charge on any atom is -0.497 e. The zero-order valence-electron chi connectivity index (χ0n) is 15.8. The van der Waals surface area contributed by atoms with Gasteiger partial charge in [-0.25, -0.2) is 0 Å². The molecule has 0 aromatic heterocycles. The van der Waals surface area contributed by atoms with Gasteiger partial charge in [-0.2, -0.15) is 0 Å². The molecule has 0 aliphatic rings. The number of carboxylic acids is 1. The van der Waals surface area contributed by atoms with Crippen LogP contribution in [0.5, 0.6) is 11.5 Å². The third kappa shape index (κ3) is 5.74. The molecule has 144 valence electrons. The number of rotatable bonds is 9. The van der Waals surface area contributed by atoms with Crippen molar-refractivity contribution < 1.29 is 24.2 Å². The van der Waals surface area contributed by atoms with Gasteiger partial charge < -0.3 is 19.9 Å². The van der Waals surface area contributed by atoms with Crippen molar-refractivity contribution >= 4 is 11.9 Å². The van der Waals surface area contributed by atoms with Crippen LogP contribution < -0.4 is 14.8 Å². The molecule has 0 fully saturated rings. The third-order valence-electron chi connectivity index (χ3n) is 4.33. The first-order valence-electron chi connectivity index (χ1n) is 8.75. The van der Waals surface area contributed by atoms with E-state index in [1.165, 1.54) is 12.7 Å². The summed E-state index contributed by atoms with van der Waals surface area (Å²) in [5, 5.41) is 12.1. The van der Waals surface area contributed by atoms with E-state index in [0.29, 0.717) is 17.1 Å². The molecular formula is C21H25NO5. The molecule has 0 aliphatic heterocycles. The fraction of sp³-hybridized carbons (Fsp3) is 0.333. The first-order valence-corrected chi connectivity index (χ1v) is 8.75. The number of nitrogens with one attached hydrogen (secondary N) is 1. The summed E-state index contributed by atoms with van der Waals surface area (Å²) in [6.45, 7) is 3.53. The quantitative estimate of drug-likeness (QED) is 0.707. The van der Waals surface area contributed by atoms with Crippen LogP contribution in [0, 0.1) is 0 Å². The molecule has 0 spiro atoms. The van der Waals surface area contributed by atoms with Crippen molar-refractivity contribution in [3.63, 3.8) is 0 Å². The molecule has 0 saturated heterocycles. The van der Waals surface area contributed by atoms with E-state index in [0.717, 1.165) is 6.42 Å². The summed E-state index contributed by atoms with van der Waals surface area (Å²) in [5.74, 6) is -0.243. The summed E-state index contributed by atoms with van der Waals surface area (Å²) in [5.41, 5.74) is 0.733. The maximum atomic E-state index is 12.4. The van der Waals surface area contributed by atoms with Gasteiger partial charge in [-0.15, -0.1) is 0 Å². The van der Waals surface area contributed by atoms with Gasteiger partial charge in [0, 0.05) is 0 Å². The largest absolute Gasteiger partial charge is 0.497 e. The number of carbonyl (C=O) groups excluding carboxylic acids is 1. The van der Waals surface area contributed by atoms with Crippen molar-refractivity contribution in [1.29, 1.82) is 0 Å². The van der Waals surface area contributed by atoms with Crippen molar-refractivity contribution in [1.82, 2.24) is 5.32 Å². The van der Waals surface area contributed by atoms with E-state index in [2.05, 4.69) is 12.2 Å². The molecule has 2 aromatic carbocycles. The molecule has 0 heterocycles. The second-order valence-corrected chi connectivity index (χ2v) is 6.47. The van der Waals surface area contributed by atoms with Gasteiger partial charge in [-0.1, -0.05) is 31.2 Å². The van der Waals surface area contributed by atoms with Crippen LogP contribution in [0.1, 0.15) is 31.4 Å². The summed E-state index contributed by atoms with van der Waals surface area (Å²) in [7, 11) is 1.53. The number of aliphatic carboxylic acids is 1. The molecule has 27 heavy (non-hydrogen) atoms. The van der Waals surface area contributed by atoms with Crippen molar-refractivity contribution in [2.45, 2.75) is 32.2 Å². The van der Waals surface area contributed by atoms with E-state index in [4.69, 9.17) is 9.47 Å². The van der Waals surface area contributed by atoms with Gasteiger partial charge in [0.2, 0.25) is 0 Å². The van der Waals surface area contributed by atoms with E-state index in [1.807, 2.05) is 24.3 Å². The summed E-state index contributed by atoms with van der Waals surface area (Å²) in [6, 6.07) is 14.5. The van der Waals surface area contributed by atoms with E-state index in [-0.39, 0.29) is 13.0 Å². The van der Waals surface area contributed by atoms with E-state index >= 15 is 0 Å². The Balaban J connectivity index is 2.09. The minimum atomic E-state index is -1.09. The van der Waals surface area contributed by atoms with E-state index in [1.54, 1.807) is 31.2 Å². The molecule has 0 saturated carbocycles. The first-order chi connectivity index (χ1) is 12.9. The minimum absolute atomic E-state index is 0.204. The van der Waals surface area contributed by atoms with Crippen molar-refractivity contribution in [2.75, 3.05) is 13.7 Å². The van der Waals surface area contributed by atoms with Crippen molar-refractivity contribution in [3.05, 3.63) is 59.7 Å². The maximum absolute atomic E-state index is 12.4. The lowest BCUT2D eigenvalue weighted by Crippen LogP contribution is -2.46. The van der Waals surface area contributed by atoms with E-state index in [9.17, 15) is 14.7 Å². The lowest BCUT2D eigenvalue weighted by Gasteiger charge is -2.30. The Kier molecular flexibility index (Phi) is 6.82. The van der Waals surface area contributed by atoms with Crippen LogP contribution in [0.2, 0.25) is 0 Å². The molecule has 6 nitrogen and oxygen atoms in total. The summed E-state index contributed by atoms with van der Waals surface area (Å²) >= 11 is 0. The average molecular weight is 371 g/mol. The zero-order valence-corrected chi connectivity index (χ0v) is 15.8. The SMILES string of the molecule is CCc1ccc(OCC(=O)NC(C)(CC(=O)O)c2cccc(OC)c2)cc1. The fourth-order valence-electron chi connectivity index (χ4n) is 2.80. The molecular weight excluding hydrogens is 346 g/mol. The van der Waals surface area contributed by atoms with E-state index < -0.39 is 17.4 Å². The Morgan fingerprint density at radius 1 is 1.11 bits per heavy atom. The Morgan fingerprint density at radius 2 is 1.81 bits per heavy atom. The van der Waals surface area contributed by atoms with Crippen molar-refractivity contribution in [3.8, 4) is 11.5 Å². The fourth-order valence-corrected chi connectivity index (χ4v) is 2.80. The molecule has 1 atom stereocenters. The maximum Gasteiger partial charge on any atom is 0.306 e. The molecule has 0 bridgehead atoms. The Bertz CT molecular complexity index is 787. The van der Waals surface area contributed by atoms with Crippen LogP contribution in [0.25, 0.3) is 0 Å². The highest BCUT2D eigenvalue weighted by Gasteiger charge is 2.32. The Labute approximate surface area is 159 Å². The number of benzene rings is 2. The number of hydrogen-bond donors (Lipinski definition) is 2. The molecule has 0 radical (unpaired) electrons. The summed E-state index contributed by atoms with van der Waals surface area (Å²) < 4.78 is 10.7. The molecule has 0 aliphatic carbocycles. The van der Waals surface area contributed by atoms with Gasteiger partial charge >= 0.3 is 5.97 Å². The van der Waals surface area contributed by atoms with Crippen molar-refractivity contribution in [2.24, 2.45) is 0 Å². The number of methoxy groups -OCH3 is 1. The Hall–Kier alpha value is -3.02. The first kappa shape index (κ1) is 20.3. The van der Waals surface area contributed by atoms with Crippen LogP contribution in [0.4, 0.5) is 0 Å². The van der Waals surface area contributed by atoms with Crippen LogP contribution in [0.3, 0.4) is 0 Å². The van der Waals surface area contributed by atoms with Gasteiger partial charge in [0.15, 0.2) is 6.61 Å². The zero-order chi connectivity index (χ0) is 19.9. The second-order valence-electron chi connectivity index (χ2n) is 6.47. The van der Waals surface area contributed by atoms with Gasteiger partial charge in [0.25, 0.3) is 5.91 Å². The monoisotopic (exact) mass is 371 g/mol. The highest BCUT2D eigenvalue weighted by atomic mass is 16.5. The van der Waals surface area contributed by atoms with Gasteiger partial charge in [-0.3, -0.25) is 9.59 Å². The Morgan fingerprint density at radius 3 is 2.41 bits per heavy atom. The predicted molar refractivity (Wildman–Crippen MR) is 102 cm³/mol. The van der Waals surface area contributed by atoms with Crippen LogP contribution in [-0.2, 0) is 21.5 Å². The molecule has 2 rings (SSSR count). The topological polar surface area (TPSA) is 84.9 Å². The number of carbonyl (C=O) groups is 2. The van der Waals surface area contributed by atoms with Crippen LogP contribution in [0.15, 0.2) is 48.5 Å². The van der Waals surface area contributed by atoms with Gasteiger partial charge in [0.1, 0.15) is 11.5 Å². The molecule has 1 amide bonds. The lowest BCUT2D eigenvalue weighted by molar-refractivity contribution is -0.139. The highest BCUT2D eigenvalue weighted by Crippen LogP contribution is 2.28. The average Bonchev–Trinajstić information content (AvgIpc) is 2.66. The van der Waals surface area contributed by atoms with Gasteiger partial charge in [-0.05, 0) is 48.7 Å². The molecule has 1 unspecified atom stereocenters. The number of carboxylic acid groups (broad SMARTS) is 1. The number of hydrogen-bond acceptors (Lipinski definition) is 4. The second kappa shape index (κ2) is 9.07. The molecule has 6 heteroatoms. The summed E-state index contributed by atoms with van der Waals surface area (Å²) in [6.07, 6.45) is 0.659. The summed E-state index contributed by atoms with van der Waals surface area (Å²) in [4.78, 5) is 23.8. The van der Waals surface area contributed by atoms with Crippen LogP contribution in [-0.4, -0.2) is 30.7 Å². The predicted octanol–water partition coefficient (Wildman–Crippen LogP) is 3.14. The molecule has 2 N–H and O–H groups in total. The highest BCUT2D eigenvalue weighted by molar-refractivity contribution is 5.80. The normalized spacial score (nSPS) is 12.7. The lowest BCUT2D eigenvalue weighted by atomic mass is 9.88. The standard InChI is InChI=1S/C21H25NO5/c1-4-15-8-10-17(11-9-15)27-14-19(23)22-21(2,13-20(24)25)16-6-5-7-18(12-16)26-3/h5-12H,4,13-14H2,1-3H3,(H,22,23)(H,24,25). The van der Waals surface area contributed by atoms with Gasteiger partial charge in [0.05, 0.1) is 19.1 Å². The number of aryl methyl sites for hydroxylation is 1.